The number of halogens is 1. The van der Waals surface area contributed by atoms with Gasteiger partial charge in [-0.05, 0) is 19.7 Å². The van der Waals surface area contributed by atoms with E-state index in [9.17, 15) is 4.79 Å². The van der Waals surface area contributed by atoms with Gasteiger partial charge in [-0.1, -0.05) is 38.1 Å². The summed E-state index contributed by atoms with van der Waals surface area (Å²) in [6.07, 6.45) is 6.13. The fraction of sp³-hybridized carbons (Fsp3) is 0.176. The molecule has 0 atom stereocenters. The van der Waals surface area contributed by atoms with Crippen molar-refractivity contribution in [2.24, 2.45) is 4.99 Å². The Morgan fingerprint density at radius 1 is 1.44 bits per heavy atom. The lowest BCUT2D eigenvalue weighted by Crippen LogP contribution is -2.19. The molecule has 2 aromatic heterocycles. The molecule has 1 amide bonds. The number of carbonyl (C=O) groups excluding carboxylic acids is 1. The summed E-state index contributed by atoms with van der Waals surface area (Å²) in [5.41, 5.74) is 1.14. The molecule has 2 rings (SSSR count). The van der Waals surface area contributed by atoms with Crippen molar-refractivity contribution in [3.63, 3.8) is 0 Å². The van der Waals surface area contributed by atoms with Crippen LogP contribution in [0.15, 0.2) is 59.6 Å². The summed E-state index contributed by atoms with van der Waals surface area (Å²) in [6.45, 7) is 12.7. The maximum atomic E-state index is 11.4. The largest absolute Gasteiger partial charge is 0.325 e. The van der Waals surface area contributed by atoms with Crippen LogP contribution >= 0.6 is 11.6 Å². The lowest BCUT2D eigenvalue weighted by molar-refractivity contribution is -0.115. The van der Waals surface area contributed by atoms with Crippen molar-refractivity contribution in [2.45, 2.75) is 20.8 Å². The second kappa shape index (κ2) is 10.0. The van der Waals surface area contributed by atoms with E-state index in [-0.39, 0.29) is 5.91 Å². The lowest BCUT2D eigenvalue weighted by Gasteiger charge is -2.10. The first-order valence-electron chi connectivity index (χ1n) is 7.63. The number of aliphatic imine (C=N–C) groups is 1. The molecular weight excluding hydrogens is 340 g/mol. The van der Waals surface area contributed by atoms with E-state index < -0.39 is 0 Å². The number of hydrogen-bond acceptors (Lipinski definition) is 5. The summed E-state index contributed by atoms with van der Waals surface area (Å²) in [4.78, 5) is 19.4. The van der Waals surface area contributed by atoms with Crippen molar-refractivity contribution in [3.05, 3.63) is 59.8 Å². The van der Waals surface area contributed by atoms with Gasteiger partial charge in [0.2, 0.25) is 5.91 Å². The molecule has 0 aromatic carbocycles. The van der Waals surface area contributed by atoms with Crippen molar-refractivity contribution in [2.75, 3.05) is 5.32 Å². The molecule has 0 radical (unpaired) electrons. The number of aromatic nitrogens is 3. The van der Waals surface area contributed by atoms with Crippen LogP contribution < -0.4 is 10.6 Å². The van der Waals surface area contributed by atoms with Crippen LogP contribution in [0.25, 0.3) is 5.65 Å². The minimum absolute atomic E-state index is 0.315. The van der Waals surface area contributed by atoms with E-state index in [1.807, 2.05) is 13.8 Å². The highest BCUT2D eigenvalue weighted by atomic mass is 35.5. The number of nitrogens with one attached hydrogen (secondary N) is 2. The molecule has 132 valence electrons. The Labute approximate surface area is 151 Å². The van der Waals surface area contributed by atoms with E-state index >= 15 is 0 Å². The number of nitrogens with zero attached hydrogens (tertiary/aromatic N) is 4. The van der Waals surface area contributed by atoms with Gasteiger partial charge in [-0.15, -0.1) is 0 Å². The van der Waals surface area contributed by atoms with Crippen molar-refractivity contribution in [3.8, 4) is 0 Å². The van der Waals surface area contributed by atoms with E-state index in [2.05, 4.69) is 39.0 Å². The number of allylic oxidation sites excluding steroid dienone is 2. The monoisotopic (exact) mass is 360 g/mol. The van der Waals surface area contributed by atoms with Crippen LogP contribution in [-0.2, 0) is 4.79 Å². The van der Waals surface area contributed by atoms with Gasteiger partial charge in [-0.3, -0.25) is 4.79 Å². The first kappa shape index (κ1) is 20.1. The zero-order valence-corrected chi connectivity index (χ0v) is 15.2. The highest BCUT2D eigenvalue weighted by Gasteiger charge is 2.07. The molecule has 0 unspecified atom stereocenters. The van der Waals surface area contributed by atoms with Gasteiger partial charge in [0.15, 0.2) is 5.65 Å². The van der Waals surface area contributed by atoms with Gasteiger partial charge in [0.25, 0.3) is 0 Å². The van der Waals surface area contributed by atoms with Crippen LogP contribution in [0.1, 0.15) is 20.8 Å². The second-order valence-corrected chi connectivity index (χ2v) is 4.70. The molecular formula is C17H21ClN6O. The van der Waals surface area contributed by atoms with E-state index in [1.165, 1.54) is 6.08 Å². The van der Waals surface area contributed by atoms with E-state index in [1.54, 1.807) is 41.9 Å². The number of fused-ring (bicyclic) bond motifs is 1. The molecule has 2 N–H and O–H groups in total. The van der Waals surface area contributed by atoms with Crippen molar-refractivity contribution >= 4 is 35.7 Å². The number of amides is 1. The van der Waals surface area contributed by atoms with Gasteiger partial charge in [-0.25, -0.2) is 9.98 Å². The fourth-order valence-electron chi connectivity index (χ4n) is 1.76. The molecule has 0 bridgehead atoms. The minimum Gasteiger partial charge on any atom is -0.325 e. The fourth-order valence-corrected chi connectivity index (χ4v) is 1.95. The highest BCUT2D eigenvalue weighted by molar-refractivity contribution is 6.29. The van der Waals surface area contributed by atoms with Crippen molar-refractivity contribution in [1.82, 2.24) is 19.9 Å². The molecule has 0 spiro atoms. The Bertz CT molecular complexity index is 822. The summed E-state index contributed by atoms with van der Waals surface area (Å²) < 4.78 is 1.57. The van der Waals surface area contributed by atoms with Gasteiger partial charge in [0.05, 0.1) is 6.20 Å². The van der Waals surface area contributed by atoms with Crippen molar-refractivity contribution in [1.29, 1.82) is 0 Å². The minimum atomic E-state index is -0.320. The first-order valence-corrected chi connectivity index (χ1v) is 8.00. The molecule has 0 fully saturated rings. The van der Waals surface area contributed by atoms with Crippen LogP contribution in [0, 0.1) is 0 Å². The van der Waals surface area contributed by atoms with E-state index in [0.717, 1.165) is 0 Å². The van der Waals surface area contributed by atoms with Crippen LogP contribution in [0.5, 0.6) is 0 Å². The average molecular weight is 361 g/mol. The van der Waals surface area contributed by atoms with Gasteiger partial charge in [-0.2, -0.15) is 9.61 Å². The van der Waals surface area contributed by atoms with Gasteiger partial charge >= 0.3 is 0 Å². The Morgan fingerprint density at radius 2 is 2.16 bits per heavy atom. The molecule has 0 aliphatic rings. The number of carbonyl (C=O) groups is 1. The third-order valence-electron chi connectivity index (χ3n) is 2.81. The molecule has 0 saturated heterocycles. The molecule has 0 aliphatic heterocycles. The maximum Gasteiger partial charge on any atom is 0.247 e. The molecule has 7 nitrogen and oxygen atoms in total. The molecule has 0 aliphatic carbocycles. The molecule has 8 heteroatoms. The van der Waals surface area contributed by atoms with Gasteiger partial charge < -0.3 is 10.6 Å². The summed E-state index contributed by atoms with van der Waals surface area (Å²) in [5.74, 6) is 0.648. The Morgan fingerprint density at radius 3 is 2.76 bits per heavy atom. The Hall–Kier alpha value is -2.93. The van der Waals surface area contributed by atoms with Crippen LogP contribution in [0.4, 0.5) is 5.82 Å². The number of rotatable bonds is 6. The number of anilines is 1. The quantitative estimate of drug-likeness (QED) is 0.357. The summed E-state index contributed by atoms with van der Waals surface area (Å²) in [5, 5.41) is 10.2. The first-order chi connectivity index (χ1) is 12.1. The third kappa shape index (κ3) is 5.58. The molecule has 0 saturated carbocycles. The third-order valence-corrected chi connectivity index (χ3v) is 3.00. The normalized spacial score (nSPS) is 11.4. The standard InChI is InChI=1S/C15H15ClN6O.C2H6/c1-4-10(19-15(23)5-2)8-12(17-3)21-14-9-11(16)20-13-6-7-18-22(13)14;1-2/h4-9,21H,2-3H2,1H3,(H,19,23);1-2H3/b10-4+,12-8+;. The average Bonchev–Trinajstić information content (AvgIpc) is 3.10. The number of hydrogen-bond donors (Lipinski definition) is 2. The Balaban J connectivity index is 0.00000151. The molecule has 2 heterocycles. The SMILES string of the molecule is C=CC(=O)NC(/C=C(\N=C)Nc1cc(Cl)nc2ccnn12)=C/C.CC. The highest BCUT2D eigenvalue weighted by Crippen LogP contribution is 2.18. The predicted octanol–water partition coefficient (Wildman–Crippen LogP) is 3.57. The van der Waals surface area contributed by atoms with Crippen LogP contribution in [0.2, 0.25) is 5.15 Å². The topological polar surface area (TPSA) is 83.7 Å². The maximum absolute atomic E-state index is 11.4. The van der Waals surface area contributed by atoms with Gasteiger partial charge in [0.1, 0.15) is 16.8 Å². The summed E-state index contributed by atoms with van der Waals surface area (Å²) in [7, 11) is 0. The molecule has 25 heavy (non-hydrogen) atoms. The van der Waals surface area contributed by atoms with Crippen LogP contribution in [0.3, 0.4) is 0 Å². The lowest BCUT2D eigenvalue weighted by atomic mass is 10.3. The van der Waals surface area contributed by atoms with E-state index in [4.69, 9.17) is 11.6 Å². The van der Waals surface area contributed by atoms with Crippen molar-refractivity contribution < 1.29 is 4.79 Å². The molecule has 2 aromatic rings. The zero-order chi connectivity index (χ0) is 18.8. The zero-order valence-electron chi connectivity index (χ0n) is 14.5. The second-order valence-electron chi connectivity index (χ2n) is 4.32. The summed E-state index contributed by atoms with van der Waals surface area (Å²) in [6, 6.07) is 3.34. The van der Waals surface area contributed by atoms with Crippen LogP contribution in [-0.4, -0.2) is 27.2 Å². The Kier molecular flexibility index (Phi) is 8.08. The summed E-state index contributed by atoms with van der Waals surface area (Å²) >= 11 is 5.99. The smallest absolute Gasteiger partial charge is 0.247 e. The van der Waals surface area contributed by atoms with E-state index in [0.29, 0.717) is 28.1 Å². The predicted molar refractivity (Wildman–Crippen MR) is 103 cm³/mol. The van der Waals surface area contributed by atoms with Gasteiger partial charge in [0, 0.05) is 23.9 Å².